The number of piperazine rings is 1. The molecule has 13 heavy (non-hydrogen) atoms. The highest BCUT2D eigenvalue weighted by molar-refractivity contribution is 5.96. The van der Waals surface area contributed by atoms with Crippen molar-refractivity contribution >= 4 is 11.8 Å². The Hall–Kier alpha value is -1.10. The van der Waals surface area contributed by atoms with Crippen molar-refractivity contribution in [3.05, 3.63) is 0 Å². The van der Waals surface area contributed by atoms with Crippen LogP contribution in [0.15, 0.2) is 0 Å². The maximum absolute atomic E-state index is 11.4. The van der Waals surface area contributed by atoms with Crippen molar-refractivity contribution in [2.75, 3.05) is 33.2 Å². The first-order valence-electron chi connectivity index (χ1n) is 4.43. The molecule has 1 rings (SSSR count). The van der Waals surface area contributed by atoms with E-state index in [1.54, 1.807) is 4.90 Å². The fraction of sp³-hybridized carbons (Fsp3) is 0.750. The van der Waals surface area contributed by atoms with Crippen LogP contribution in [0.5, 0.6) is 0 Å². The number of hydrogen-bond donors (Lipinski definition) is 2. The van der Waals surface area contributed by atoms with Crippen LogP contribution in [0, 0.1) is 0 Å². The van der Waals surface area contributed by atoms with E-state index in [9.17, 15) is 9.59 Å². The summed E-state index contributed by atoms with van der Waals surface area (Å²) >= 11 is 0. The van der Waals surface area contributed by atoms with E-state index in [2.05, 4.69) is 10.6 Å². The van der Waals surface area contributed by atoms with Crippen LogP contribution in [0.4, 0.5) is 0 Å². The average Bonchev–Trinajstić information content (AvgIpc) is 2.19. The number of nitrogens with one attached hydrogen (secondary N) is 2. The van der Waals surface area contributed by atoms with Gasteiger partial charge in [-0.1, -0.05) is 0 Å². The Balaban J connectivity index is 2.33. The lowest BCUT2D eigenvalue weighted by Gasteiger charge is -2.27. The minimum atomic E-state index is -0.219. The third kappa shape index (κ3) is 3.02. The number of rotatable bonds is 2. The topological polar surface area (TPSA) is 61.4 Å². The second-order valence-corrected chi connectivity index (χ2v) is 2.98. The normalized spacial score (nSPS) is 16.8. The highest BCUT2D eigenvalue weighted by Gasteiger charge is 2.17. The zero-order valence-electron chi connectivity index (χ0n) is 7.80. The molecular weight excluding hydrogens is 170 g/mol. The van der Waals surface area contributed by atoms with E-state index in [1.165, 1.54) is 7.05 Å². The van der Waals surface area contributed by atoms with Gasteiger partial charge in [0.25, 0.3) is 0 Å². The third-order valence-corrected chi connectivity index (χ3v) is 2.06. The van der Waals surface area contributed by atoms with Gasteiger partial charge in [-0.2, -0.15) is 0 Å². The second kappa shape index (κ2) is 4.81. The Morgan fingerprint density at radius 1 is 1.38 bits per heavy atom. The standard InChI is InChI=1S/C8H15N3O2/c1-9-7(12)6-8(13)11-4-2-10-3-5-11/h10H,2-6H2,1H3,(H,9,12). The van der Waals surface area contributed by atoms with E-state index >= 15 is 0 Å². The molecule has 0 unspecified atom stereocenters. The van der Waals surface area contributed by atoms with Crippen molar-refractivity contribution in [1.29, 1.82) is 0 Å². The molecule has 1 aliphatic heterocycles. The summed E-state index contributed by atoms with van der Waals surface area (Å²) in [4.78, 5) is 24.0. The van der Waals surface area contributed by atoms with Gasteiger partial charge in [0, 0.05) is 33.2 Å². The van der Waals surface area contributed by atoms with E-state index in [0.29, 0.717) is 13.1 Å². The number of hydrogen-bond acceptors (Lipinski definition) is 3. The van der Waals surface area contributed by atoms with Crippen molar-refractivity contribution in [1.82, 2.24) is 15.5 Å². The van der Waals surface area contributed by atoms with E-state index in [0.717, 1.165) is 13.1 Å². The van der Waals surface area contributed by atoms with Crippen molar-refractivity contribution in [2.45, 2.75) is 6.42 Å². The molecule has 5 nitrogen and oxygen atoms in total. The predicted molar refractivity (Wildman–Crippen MR) is 48.1 cm³/mol. The second-order valence-electron chi connectivity index (χ2n) is 2.98. The van der Waals surface area contributed by atoms with Crippen LogP contribution in [0.1, 0.15) is 6.42 Å². The molecule has 5 heteroatoms. The van der Waals surface area contributed by atoms with Gasteiger partial charge in [-0.3, -0.25) is 9.59 Å². The fourth-order valence-electron chi connectivity index (χ4n) is 1.25. The minimum absolute atomic E-state index is 0.0312. The van der Waals surface area contributed by atoms with Crippen LogP contribution < -0.4 is 10.6 Å². The molecule has 0 aromatic carbocycles. The summed E-state index contributed by atoms with van der Waals surface area (Å²) in [6.07, 6.45) is -0.0312. The minimum Gasteiger partial charge on any atom is -0.359 e. The van der Waals surface area contributed by atoms with Crippen molar-refractivity contribution in [3.8, 4) is 0 Å². The SMILES string of the molecule is CNC(=O)CC(=O)N1CCNCC1. The third-order valence-electron chi connectivity index (χ3n) is 2.06. The molecule has 0 aromatic rings. The molecule has 74 valence electrons. The average molecular weight is 185 g/mol. The molecule has 2 N–H and O–H groups in total. The van der Waals surface area contributed by atoms with Crippen molar-refractivity contribution < 1.29 is 9.59 Å². The zero-order chi connectivity index (χ0) is 9.68. The van der Waals surface area contributed by atoms with Gasteiger partial charge < -0.3 is 15.5 Å². The summed E-state index contributed by atoms with van der Waals surface area (Å²) in [5, 5.41) is 5.58. The van der Waals surface area contributed by atoms with Crippen LogP contribution in [-0.4, -0.2) is 49.9 Å². The maximum Gasteiger partial charge on any atom is 0.232 e. The van der Waals surface area contributed by atoms with Gasteiger partial charge in [0.15, 0.2) is 0 Å². The lowest BCUT2D eigenvalue weighted by molar-refractivity contribution is -0.136. The summed E-state index contributed by atoms with van der Waals surface area (Å²) in [6.45, 7) is 3.05. The van der Waals surface area contributed by atoms with E-state index in [-0.39, 0.29) is 18.2 Å². The summed E-state index contributed by atoms with van der Waals surface area (Å²) in [5.41, 5.74) is 0. The van der Waals surface area contributed by atoms with E-state index < -0.39 is 0 Å². The quantitative estimate of drug-likeness (QED) is 0.518. The van der Waals surface area contributed by atoms with Gasteiger partial charge in [-0.15, -0.1) is 0 Å². The van der Waals surface area contributed by atoms with Crippen LogP contribution in [0.3, 0.4) is 0 Å². The Kier molecular flexibility index (Phi) is 3.70. The monoisotopic (exact) mass is 185 g/mol. The molecule has 2 amide bonds. The largest absolute Gasteiger partial charge is 0.359 e. The van der Waals surface area contributed by atoms with Gasteiger partial charge in [0.05, 0.1) is 0 Å². The molecule has 0 atom stereocenters. The smallest absolute Gasteiger partial charge is 0.232 e. The Morgan fingerprint density at radius 2 is 2.00 bits per heavy atom. The number of carbonyl (C=O) groups is 2. The summed E-state index contributed by atoms with van der Waals surface area (Å²) in [6, 6.07) is 0. The number of amides is 2. The number of nitrogens with zero attached hydrogens (tertiary/aromatic N) is 1. The summed E-state index contributed by atoms with van der Waals surface area (Å²) < 4.78 is 0. The fourth-order valence-corrected chi connectivity index (χ4v) is 1.25. The maximum atomic E-state index is 11.4. The Morgan fingerprint density at radius 3 is 2.54 bits per heavy atom. The molecule has 0 saturated carbocycles. The van der Waals surface area contributed by atoms with Gasteiger partial charge in [0.2, 0.25) is 11.8 Å². The summed E-state index contributed by atoms with van der Waals surface area (Å²) in [7, 11) is 1.54. The molecule has 1 heterocycles. The molecule has 0 aliphatic carbocycles. The van der Waals surface area contributed by atoms with Crippen molar-refractivity contribution in [3.63, 3.8) is 0 Å². The van der Waals surface area contributed by atoms with E-state index in [1.807, 2.05) is 0 Å². The predicted octanol–water partition coefficient (Wildman–Crippen LogP) is -1.45. The van der Waals surface area contributed by atoms with Crippen molar-refractivity contribution in [2.24, 2.45) is 0 Å². The first-order valence-corrected chi connectivity index (χ1v) is 4.43. The van der Waals surface area contributed by atoms with Crippen LogP contribution in [0.25, 0.3) is 0 Å². The van der Waals surface area contributed by atoms with Crippen LogP contribution in [0.2, 0.25) is 0 Å². The molecule has 0 spiro atoms. The lowest BCUT2D eigenvalue weighted by atomic mass is 10.3. The van der Waals surface area contributed by atoms with Gasteiger partial charge in [-0.05, 0) is 0 Å². The van der Waals surface area contributed by atoms with Gasteiger partial charge >= 0.3 is 0 Å². The molecule has 1 fully saturated rings. The Labute approximate surface area is 77.5 Å². The molecule has 0 aromatic heterocycles. The van der Waals surface area contributed by atoms with Gasteiger partial charge in [-0.25, -0.2) is 0 Å². The van der Waals surface area contributed by atoms with Crippen LogP contribution >= 0.6 is 0 Å². The first-order chi connectivity index (χ1) is 6.24. The van der Waals surface area contributed by atoms with Gasteiger partial charge in [0.1, 0.15) is 6.42 Å². The highest BCUT2D eigenvalue weighted by atomic mass is 16.2. The molecular formula is C8H15N3O2. The van der Waals surface area contributed by atoms with E-state index in [4.69, 9.17) is 0 Å². The molecule has 1 aliphatic rings. The first kappa shape index (κ1) is 9.98. The number of carbonyl (C=O) groups excluding carboxylic acids is 2. The molecule has 0 radical (unpaired) electrons. The zero-order valence-corrected chi connectivity index (χ0v) is 7.80. The van der Waals surface area contributed by atoms with Crippen LogP contribution in [-0.2, 0) is 9.59 Å². The highest BCUT2D eigenvalue weighted by Crippen LogP contribution is 1.96. The lowest BCUT2D eigenvalue weighted by Crippen LogP contribution is -2.47. The molecule has 0 bridgehead atoms. The Bertz CT molecular complexity index is 200. The summed E-state index contributed by atoms with van der Waals surface area (Å²) in [5.74, 6) is -0.301. The molecule has 1 saturated heterocycles.